The minimum Gasteiger partial charge on any atom is -0.339 e. The minimum atomic E-state index is -0.335. The van der Waals surface area contributed by atoms with E-state index < -0.39 is 0 Å². The maximum atomic E-state index is 13.5. The number of hydrogen-bond acceptors (Lipinski definition) is 5. The van der Waals surface area contributed by atoms with Gasteiger partial charge in [-0.05, 0) is 56.0 Å². The summed E-state index contributed by atoms with van der Waals surface area (Å²) in [5, 5.41) is 7.12. The number of piperidine rings is 1. The zero-order chi connectivity index (χ0) is 21.8. The van der Waals surface area contributed by atoms with Gasteiger partial charge in [-0.1, -0.05) is 42.4 Å². The van der Waals surface area contributed by atoms with Crippen molar-refractivity contribution in [1.29, 1.82) is 0 Å². The SMILES string of the molecule is CCc1cccc(C)c1NC(=O)CN1CCCC(c2nc(-c3cccc(F)c3)no2)C1. The standard InChI is InChI=1S/C24H27FN4O2/c1-3-17-8-4-7-16(2)22(17)26-21(30)15-29-12-6-10-19(14-29)24-27-23(28-31-24)18-9-5-11-20(25)13-18/h4-5,7-9,11,13,19H,3,6,10,12,14-15H2,1-2H3,(H,26,30). The van der Waals surface area contributed by atoms with E-state index in [-0.39, 0.29) is 17.6 Å². The van der Waals surface area contributed by atoms with Gasteiger partial charge in [0.2, 0.25) is 17.6 Å². The third-order valence-electron chi connectivity index (χ3n) is 5.75. The zero-order valence-electron chi connectivity index (χ0n) is 17.9. The molecule has 3 aromatic rings. The van der Waals surface area contributed by atoms with Crippen LogP contribution in [0.4, 0.5) is 10.1 Å². The second kappa shape index (κ2) is 9.39. The monoisotopic (exact) mass is 422 g/mol. The van der Waals surface area contributed by atoms with Crippen LogP contribution in [0.15, 0.2) is 47.0 Å². The Morgan fingerprint density at radius 3 is 2.94 bits per heavy atom. The van der Waals surface area contributed by atoms with Crippen LogP contribution in [-0.4, -0.2) is 40.6 Å². The van der Waals surface area contributed by atoms with Gasteiger partial charge in [0.25, 0.3) is 0 Å². The number of benzene rings is 2. The first-order chi connectivity index (χ1) is 15.0. The van der Waals surface area contributed by atoms with E-state index >= 15 is 0 Å². The summed E-state index contributed by atoms with van der Waals surface area (Å²) in [5.74, 6) is 0.628. The topological polar surface area (TPSA) is 71.3 Å². The van der Waals surface area contributed by atoms with Gasteiger partial charge >= 0.3 is 0 Å². The quantitative estimate of drug-likeness (QED) is 0.630. The van der Waals surface area contributed by atoms with Crippen molar-refractivity contribution >= 4 is 11.6 Å². The summed E-state index contributed by atoms with van der Waals surface area (Å²) in [6.45, 7) is 5.94. The molecule has 1 saturated heterocycles. The number of hydrogen-bond donors (Lipinski definition) is 1. The fourth-order valence-corrected chi connectivity index (χ4v) is 4.13. The maximum Gasteiger partial charge on any atom is 0.238 e. The highest BCUT2D eigenvalue weighted by Gasteiger charge is 2.27. The van der Waals surface area contributed by atoms with Crippen molar-refractivity contribution in [3.05, 3.63) is 65.3 Å². The summed E-state index contributed by atoms with van der Waals surface area (Å²) in [5.41, 5.74) is 3.72. The Labute approximate surface area is 181 Å². The molecule has 162 valence electrons. The second-order valence-corrected chi connectivity index (χ2v) is 8.05. The number of carbonyl (C=O) groups excluding carboxylic acids is 1. The number of anilines is 1. The summed E-state index contributed by atoms with van der Waals surface area (Å²) < 4.78 is 19.0. The predicted molar refractivity (Wildman–Crippen MR) is 117 cm³/mol. The van der Waals surface area contributed by atoms with Crippen molar-refractivity contribution < 1.29 is 13.7 Å². The molecule has 1 amide bonds. The molecule has 1 unspecified atom stereocenters. The van der Waals surface area contributed by atoms with Crippen LogP contribution in [0.25, 0.3) is 11.4 Å². The van der Waals surface area contributed by atoms with Crippen LogP contribution >= 0.6 is 0 Å². The molecule has 0 aliphatic carbocycles. The number of carbonyl (C=O) groups is 1. The second-order valence-electron chi connectivity index (χ2n) is 8.05. The van der Waals surface area contributed by atoms with Gasteiger partial charge in [-0.2, -0.15) is 4.98 Å². The molecule has 1 fully saturated rings. The molecule has 7 heteroatoms. The Kier molecular flexibility index (Phi) is 6.42. The Balaban J connectivity index is 1.40. The highest BCUT2D eigenvalue weighted by atomic mass is 19.1. The van der Waals surface area contributed by atoms with Gasteiger partial charge in [0.1, 0.15) is 5.82 Å². The third kappa shape index (κ3) is 4.99. The molecule has 0 radical (unpaired) electrons. The molecule has 0 spiro atoms. The first-order valence-electron chi connectivity index (χ1n) is 10.7. The molecule has 2 aromatic carbocycles. The first-order valence-corrected chi connectivity index (χ1v) is 10.7. The predicted octanol–water partition coefficient (Wildman–Crippen LogP) is 4.56. The highest BCUT2D eigenvalue weighted by molar-refractivity contribution is 5.93. The smallest absolute Gasteiger partial charge is 0.238 e. The molecular weight excluding hydrogens is 395 g/mol. The van der Waals surface area contributed by atoms with E-state index in [9.17, 15) is 9.18 Å². The highest BCUT2D eigenvalue weighted by Crippen LogP contribution is 2.28. The van der Waals surface area contributed by atoms with Crippen LogP contribution in [0.3, 0.4) is 0 Å². The Bertz CT molecular complexity index is 1070. The van der Waals surface area contributed by atoms with Gasteiger partial charge in [-0.15, -0.1) is 0 Å². The molecule has 1 aliphatic rings. The average molecular weight is 423 g/mol. The lowest BCUT2D eigenvalue weighted by molar-refractivity contribution is -0.117. The van der Waals surface area contributed by atoms with Crippen molar-refractivity contribution in [3.63, 3.8) is 0 Å². The Hall–Kier alpha value is -3.06. The molecule has 1 atom stereocenters. The summed E-state index contributed by atoms with van der Waals surface area (Å²) in [4.78, 5) is 19.3. The van der Waals surface area contributed by atoms with Crippen LogP contribution < -0.4 is 5.32 Å². The average Bonchev–Trinajstić information content (AvgIpc) is 3.26. The molecule has 1 aromatic heterocycles. The minimum absolute atomic E-state index is 0.0179. The number of amides is 1. The largest absolute Gasteiger partial charge is 0.339 e. The van der Waals surface area contributed by atoms with Crippen LogP contribution in [0.5, 0.6) is 0 Å². The molecule has 0 saturated carbocycles. The molecule has 6 nitrogen and oxygen atoms in total. The van der Waals surface area contributed by atoms with Crippen molar-refractivity contribution in [1.82, 2.24) is 15.0 Å². The molecule has 1 N–H and O–H groups in total. The van der Waals surface area contributed by atoms with Crippen LogP contribution in [0.1, 0.15) is 42.7 Å². The number of halogens is 1. The van der Waals surface area contributed by atoms with E-state index in [4.69, 9.17) is 4.52 Å². The molecule has 4 rings (SSSR count). The normalized spacial score (nSPS) is 16.9. The number of aromatic nitrogens is 2. The van der Waals surface area contributed by atoms with Gasteiger partial charge in [0.05, 0.1) is 12.5 Å². The van der Waals surface area contributed by atoms with Crippen LogP contribution in [0, 0.1) is 12.7 Å². The lowest BCUT2D eigenvalue weighted by Crippen LogP contribution is -2.40. The summed E-state index contributed by atoms with van der Waals surface area (Å²) in [6, 6.07) is 12.2. The number of nitrogens with zero attached hydrogens (tertiary/aromatic N) is 3. The van der Waals surface area contributed by atoms with E-state index in [0.29, 0.717) is 30.4 Å². The Morgan fingerprint density at radius 2 is 2.13 bits per heavy atom. The van der Waals surface area contributed by atoms with Gasteiger partial charge in [-0.3, -0.25) is 9.69 Å². The number of nitrogens with one attached hydrogen (secondary N) is 1. The van der Waals surface area contributed by atoms with Crippen molar-refractivity contribution in [2.24, 2.45) is 0 Å². The lowest BCUT2D eigenvalue weighted by Gasteiger charge is -2.30. The van der Waals surface area contributed by atoms with Crippen molar-refractivity contribution in [2.75, 3.05) is 25.0 Å². The number of para-hydroxylation sites is 1. The number of aryl methyl sites for hydroxylation is 2. The van der Waals surface area contributed by atoms with E-state index in [1.54, 1.807) is 12.1 Å². The van der Waals surface area contributed by atoms with E-state index in [1.807, 2.05) is 25.1 Å². The van der Waals surface area contributed by atoms with Gasteiger partial charge in [0, 0.05) is 17.8 Å². The molecular formula is C24H27FN4O2. The molecule has 31 heavy (non-hydrogen) atoms. The van der Waals surface area contributed by atoms with E-state index in [0.717, 1.165) is 42.6 Å². The lowest BCUT2D eigenvalue weighted by atomic mass is 9.98. The molecule has 1 aliphatic heterocycles. The molecule has 2 heterocycles. The maximum absolute atomic E-state index is 13.5. The van der Waals surface area contributed by atoms with Crippen LogP contribution in [0.2, 0.25) is 0 Å². The fourth-order valence-electron chi connectivity index (χ4n) is 4.13. The zero-order valence-corrected chi connectivity index (χ0v) is 17.9. The first kappa shape index (κ1) is 21.2. The summed E-state index contributed by atoms with van der Waals surface area (Å²) in [6.07, 6.45) is 2.73. The van der Waals surface area contributed by atoms with Gasteiger partial charge in [-0.25, -0.2) is 4.39 Å². The van der Waals surface area contributed by atoms with E-state index in [1.165, 1.54) is 12.1 Å². The van der Waals surface area contributed by atoms with Gasteiger partial charge in [0.15, 0.2) is 0 Å². The summed E-state index contributed by atoms with van der Waals surface area (Å²) in [7, 11) is 0. The number of rotatable bonds is 6. The van der Waals surface area contributed by atoms with Crippen molar-refractivity contribution in [2.45, 2.75) is 39.0 Å². The van der Waals surface area contributed by atoms with Crippen LogP contribution in [-0.2, 0) is 11.2 Å². The van der Waals surface area contributed by atoms with Gasteiger partial charge < -0.3 is 9.84 Å². The van der Waals surface area contributed by atoms with Crippen molar-refractivity contribution in [3.8, 4) is 11.4 Å². The fraction of sp³-hybridized carbons (Fsp3) is 0.375. The molecule has 0 bridgehead atoms. The third-order valence-corrected chi connectivity index (χ3v) is 5.75. The Morgan fingerprint density at radius 1 is 1.29 bits per heavy atom. The summed E-state index contributed by atoms with van der Waals surface area (Å²) >= 11 is 0. The van der Waals surface area contributed by atoms with E-state index in [2.05, 4.69) is 27.3 Å². The number of likely N-dealkylation sites (tertiary alicyclic amines) is 1.